The molecule has 2 N–H and O–H groups in total. The van der Waals surface area contributed by atoms with Crippen molar-refractivity contribution in [1.29, 1.82) is 0 Å². The molecule has 13 heavy (non-hydrogen) atoms. The molecule has 1 rings (SSSR count). The summed E-state index contributed by atoms with van der Waals surface area (Å²) in [5.41, 5.74) is -0.968. The maximum absolute atomic E-state index is 10.2. The molecule has 7 heteroatoms. The Morgan fingerprint density at radius 1 is 0.923 bits per heavy atom. The molecule has 1 aromatic carbocycles. The van der Waals surface area contributed by atoms with Crippen LogP contribution in [-0.4, -0.2) is 15.3 Å². The summed E-state index contributed by atoms with van der Waals surface area (Å²) in [6, 6.07) is 4.95. The Kier molecular flexibility index (Phi) is 3.48. The lowest BCUT2D eigenvalue weighted by atomic mass is 10.3. The van der Waals surface area contributed by atoms with Crippen LogP contribution in [0.1, 0.15) is 0 Å². The second-order valence-electron chi connectivity index (χ2n) is 2.00. The van der Waals surface area contributed by atoms with Gasteiger partial charge in [0.05, 0.1) is 9.85 Å². The first-order valence-corrected chi connectivity index (χ1v) is 3.00. The molecular formula is C6H6N2O5. The molecule has 0 amide bonds. The molecule has 0 unspecified atom stereocenters. The lowest BCUT2D eigenvalue weighted by molar-refractivity contribution is -0.422. The Bertz CT molecular complexity index is 305. The van der Waals surface area contributed by atoms with Gasteiger partial charge in [-0.1, -0.05) is 12.1 Å². The summed E-state index contributed by atoms with van der Waals surface area (Å²) >= 11 is 0. The zero-order valence-corrected chi connectivity index (χ0v) is 6.34. The molecule has 0 saturated carbocycles. The van der Waals surface area contributed by atoms with E-state index in [9.17, 15) is 20.2 Å². The normalized spacial score (nSPS) is 8.62. The summed E-state index contributed by atoms with van der Waals surface area (Å²) < 4.78 is 0. The van der Waals surface area contributed by atoms with Crippen LogP contribution in [-0.2, 0) is 0 Å². The minimum absolute atomic E-state index is 0. The highest BCUT2D eigenvalue weighted by Crippen LogP contribution is 2.24. The van der Waals surface area contributed by atoms with Gasteiger partial charge in [-0.3, -0.25) is 20.2 Å². The average molecular weight is 186 g/mol. The van der Waals surface area contributed by atoms with Gasteiger partial charge in [0.1, 0.15) is 0 Å². The van der Waals surface area contributed by atoms with Crippen LogP contribution in [0, 0.1) is 20.2 Å². The van der Waals surface area contributed by atoms with Crippen LogP contribution in [0.5, 0.6) is 0 Å². The molecule has 0 atom stereocenters. The fourth-order valence-corrected chi connectivity index (χ4v) is 0.773. The summed E-state index contributed by atoms with van der Waals surface area (Å²) in [5, 5.41) is 20.5. The second kappa shape index (κ2) is 4.12. The van der Waals surface area contributed by atoms with E-state index >= 15 is 0 Å². The topological polar surface area (TPSA) is 118 Å². The van der Waals surface area contributed by atoms with E-state index < -0.39 is 21.2 Å². The van der Waals surface area contributed by atoms with Gasteiger partial charge in [0, 0.05) is 12.1 Å². The lowest BCUT2D eigenvalue weighted by Crippen LogP contribution is -1.95. The van der Waals surface area contributed by atoms with E-state index in [1.807, 2.05) is 0 Å². The van der Waals surface area contributed by atoms with Crippen molar-refractivity contribution in [3.8, 4) is 0 Å². The Morgan fingerprint density at radius 2 is 1.23 bits per heavy atom. The summed E-state index contributed by atoms with van der Waals surface area (Å²) in [6.45, 7) is 0. The van der Waals surface area contributed by atoms with Crippen molar-refractivity contribution in [3.63, 3.8) is 0 Å². The van der Waals surface area contributed by atoms with Crippen molar-refractivity contribution in [2.75, 3.05) is 0 Å². The van der Waals surface area contributed by atoms with Crippen molar-refractivity contribution in [2.45, 2.75) is 0 Å². The summed E-state index contributed by atoms with van der Waals surface area (Å²) in [4.78, 5) is 18.9. The molecule has 0 radical (unpaired) electrons. The van der Waals surface area contributed by atoms with Crippen molar-refractivity contribution in [1.82, 2.24) is 0 Å². The number of hydrogen-bond acceptors (Lipinski definition) is 4. The molecule has 1 aromatic rings. The van der Waals surface area contributed by atoms with Crippen molar-refractivity contribution >= 4 is 11.4 Å². The molecule has 0 saturated heterocycles. The Morgan fingerprint density at radius 3 is 1.46 bits per heavy atom. The van der Waals surface area contributed by atoms with Crippen LogP contribution in [0.25, 0.3) is 0 Å². The lowest BCUT2D eigenvalue weighted by Gasteiger charge is -1.91. The third-order valence-corrected chi connectivity index (χ3v) is 1.28. The molecule has 7 nitrogen and oxygen atoms in total. The number of nitro groups is 2. The highest BCUT2D eigenvalue weighted by atomic mass is 16.6. The molecule has 0 spiro atoms. The first-order valence-electron chi connectivity index (χ1n) is 3.00. The van der Waals surface area contributed by atoms with E-state index in [4.69, 9.17) is 0 Å². The van der Waals surface area contributed by atoms with E-state index in [0.717, 1.165) is 12.1 Å². The fraction of sp³-hybridized carbons (Fsp3) is 0. The van der Waals surface area contributed by atoms with Crippen LogP contribution in [0.4, 0.5) is 11.4 Å². The van der Waals surface area contributed by atoms with Gasteiger partial charge < -0.3 is 5.48 Å². The predicted octanol–water partition coefficient (Wildman–Crippen LogP) is 0.678. The highest BCUT2D eigenvalue weighted by Gasteiger charge is 2.21. The van der Waals surface area contributed by atoms with Crippen LogP contribution in [0.3, 0.4) is 0 Å². The van der Waals surface area contributed by atoms with Crippen molar-refractivity contribution < 1.29 is 15.3 Å². The fourth-order valence-electron chi connectivity index (χ4n) is 0.773. The number of nitro benzene ring substituents is 2. The third kappa shape index (κ3) is 2.20. The molecule has 0 heterocycles. The smallest absolute Gasteiger partial charge is 0.346 e. The average Bonchev–Trinajstić information content (AvgIpc) is 2.04. The van der Waals surface area contributed by atoms with Crippen LogP contribution in [0.15, 0.2) is 24.3 Å². The quantitative estimate of drug-likeness (QED) is 0.498. The molecule has 0 aliphatic carbocycles. The van der Waals surface area contributed by atoms with Crippen LogP contribution >= 0.6 is 0 Å². The number of hydrogen-bond donors (Lipinski definition) is 0. The zero-order valence-electron chi connectivity index (χ0n) is 6.34. The van der Waals surface area contributed by atoms with E-state index in [1.54, 1.807) is 0 Å². The van der Waals surface area contributed by atoms with Gasteiger partial charge in [0.25, 0.3) is 0 Å². The highest BCUT2D eigenvalue weighted by molar-refractivity contribution is 5.51. The maximum Gasteiger partial charge on any atom is 0.346 e. The van der Waals surface area contributed by atoms with Gasteiger partial charge in [0.2, 0.25) is 0 Å². The Hall–Kier alpha value is -2.02. The van der Waals surface area contributed by atoms with E-state index in [1.165, 1.54) is 12.1 Å². The van der Waals surface area contributed by atoms with Gasteiger partial charge in [-0.2, -0.15) is 0 Å². The molecule has 0 bridgehead atoms. The second-order valence-corrected chi connectivity index (χ2v) is 2.00. The van der Waals surface area contributed by atoms with Crippen molar-refractivity contribution in [3.05, 3.63) is 44.5 Å². The van der Waals surface area contributed by atoms with E-state index in [-0.39, 0.29) is 5.48 Å². The summed E-state index contributed by atoms with van der Waals surface area (Å²) in [7, 11) is 0. The molecular weight excluding hydrogens is 180 g/mol. The number of benzene rings is 1. The van der Waals surface area contributed by atoms with Gasteiger partial charge in [0.15, 0.2) is 0 Å². The molecule has 0 aromatic heterocycles. The maximum atomic E-state index is 10.2. The summed E-state index contributed by atoms with van der Waals surface area (Å²) in [5.74, 6) is 0. The Labute approximate surface area is 72.2 Å². The number of nitrogens with zero attached hydrogens (tertiary/aromatic N) is 2. The monoisotopic (exact) mass is 186 g/mol. The summed E-state index contributed by atoms with van der Waals surface area (Å²) in [6.07, 6.45) is 0. The standard InChI is InChI=1S/C6H4N2O4.H2O/c9-7(10)5-3-1-2-4-6(5)8(11)12;/h1-4H;1H2. The van der Waals surface area contributed by atoms with E-state index in [2.05, 4.69) is 0 Å². The molecule has 0 aliphatic heterocycles. The minimum atomic E-state index is -0.780. The van der Waals surface area contributed by atoms with Gasteiger partial charge in [-0.15, -0.1) is 0 Å². The van der Waals surface area contributed by atoms with Crippen LogP contribution < -0.4 is 0 Å². The SMILES string of the molecule is O.O=[N+]([O-])c1ccccc1[N+](=O)[O-]. The number of rotatable bonds is 2. The minimum Gasteiger partial charge on any atom is -0.412 e. The number of para-hydroxylation sites is 2. The molecule has 70 valence electrons. The van der Waals surface area contributed by atoms with Gasteiger partial charge in [-0.05, 0) is 0 Å². The largest absolute Gasteiger partial charge is 0.412 e. The molecule has 0 aliphatic rings. The third-order valence-electron chi connectivity index (χ3n) is 1.28. The zero-order chi connectivity index (χ0) is 9.14. The molecule has 0 fully saturated rings. The predicted molar refractivity (Wildman–Crippen MR) is 43.4 cm³/mol. The van der Waals surface area contributed by atoms with E-state index in [0.29, 0.717) is 0 Å². The van der Waals surface area contributed by atoms with Crippen molar-refractivity contribution in [2.24, 2.45) is 0 Å². The Balaban J connectivity index is 0.00000144. The first kappa shape index (κ1) is 11.0. The van der Waals surface area contributed by atoms with Gasteiger partial charge >= 0.3 is 11.4 Å². The van der Waals surface area contributed by atoms with Crippen LogP contribution in [0.2, 0.25) is 0 Å². The van der Waals surface area contributed by atoms with Gasteiger partial charge in [-0.25, -0.2) is 0 Å². The first-order chi connectivity index (χ1) is 5.63.